The fourth-order valence-corrected chi connectivity index (χ4v) is 3.15. The molecule has 1 heterocycles. The van der Waals surface area contributed by atoms with Crippen LogP contribution in [0.4, 0.5) is 5.69 Å². The van der Waals surface area contributed by atoms with Gasteiger partial charge in [0.1, 0.15) is 12.2 Å². The van der Waals surface area contributed by atoms with Gasteiger partial charge in [-0.15, -0.1) is 0 Å². The summed E-state index contributed by atoms with van der Waals surface area (Å²) in [5.74, 6) is -0.780. The smallest absolute Gasteiger partial charge is 0.341 e. The maximum absolute atomic E-state index is 12.2. The summed E-state index contributed by atoms with van der Waals surface area (Å²) in [7, 11) is 1.23. The summed E-state index contributed by atoms with van der Waals surface area (Å²) in [6.45, 7) is 0.101. The van der Waals surface area contributed by atoms with Gasteiger partial charge in [0.25, 0.3) is 0 Å². The van der Waals surface area contributed by atoms with Gasteiger partial charge >= 0.3 is 11.7 Å². The van der Waals surface area contributed by atoms with Crippen molar-refractivity contribution in [2.24, 2.45) is 0 Å². The van der Waals surface area contributed by atoms with E-state index >= 15 is 0 Å². The molecule has 0 saturated carbocycles. The van der Waals surface area contributed by atoms with Crippen LogP contribution < -0.4 is 4.74 Å². The summed E-state index contributed by atoms with van der Waals surface area (Å²) in [6, 6.07) is 14.0. The average Bonchev–Trinajstić information content (AvgIpc) is 3.20. The summed E-state index contributed by atoms with van der Waals surface area (Å²) in [4.78, 5) is 23.3. The number of carbonyl (C=O) groups is 1. The van der Waals surface area contributed by atoms with Gasteiger partial charge in [-0.2, -0.15) is 11.3 Å². The van der Waals surface area contributed by atoms with Crippen LogP contribution in [0, 0.1) is 10.1 Å². The Labute approximate surface area is 153 Å². The first-order valence-electron chi connectivity index (χ1n) is 7.70. The van der Waals surface area contributed by atoms with Crippen molar-refractivity contribution in [2.75, 3.05) is 7.11 Å². The quantitative estimate of drug-likeness (QED) is 0.358. The number of ether oxygens (including phenoxy) is 2. The van der Waals surface area contributed by atoms with E-state index in [9.17, 15) is 14.9 Å². The van der Waals surface area contributed by atoms with Crippen LogP contribution in [0.25, 0.3) is 11.1 Å². The molecule has 26 heavy (non-hydrogen) atoms. The first-order chi connectivity index (χ1) is 12.6. The Morgan fingerprint density at radius 1 is 1.15 bits per heavy atom. The van der Waals surface area contributed by atoms with Gasteiger partial charge in [0, 0.05) is 6.07 Å². The van der Waals surface area contributed by atoms with E-state index in [4.69, 9.17) is 9.47 Å². The minimum absolute atomic E-state index is 0.0267. The van der Waals surface area contributed by atoms with Gasteiger partial charge in [-0.3, -0.25) is 10.1 Å². The van der Waals surface area contributed by atoms with Gasteiger partial charge in [-0.05, 0) is 39.6 Å². The van der Waals surface area contributed by atoms with Gasteiger partial charge < -0.3 is 9.47 Å². The molecule has 0 unspecified atom stereocenters. The van der Waals surface area contributed by atoms with Crippen molar-refractivity contribution in [1.82, 2.24) is 0 Å². The minimum atomic E-state index is -0.687. The zero-order valence-electron chi connectivity index (χ0n) is 13.9. The predicted octanol–water partition coefficient (Wildman–Crippen LogP) is 4.69. The highest BCUT2D eigenvalue weighted by Crippen LogP contribution is 2.37. The molecule has 0 atom stereocenters. The van der Waals surface area contributed by atoms with E-state index in [1.165, 1.54) is 24.5 Å². The van der Waals surface area contributed by atoms with E-state index < -0.39 is 10.9 Å². The summed E-state index contributed by atoms with van der Waals surface area (Å²) < 4.78 is 10.5. The van der Waals surface area contributed by atoms with Gasteiger partial charge in [-0.25, -0.2) is 4.79 Å². The second-order valence-corrected chi connectivity index (χ2v) is 6.19. The number of methoxy groups -OCH3 is 1. The van der Waals surface area contributed by atoms with Gasteiger partial charge in [-0.1, -0.05) is 30.3 Å². The zero-order chi connectivity index (χ0) is 18.5. The molecule has 0 spiro atoms. The van der Waals surface area contributed by atoms with Crippen molar-refractivity contribution < 1.29 is 19.2 Å². The number of esters is 1. The number of nitrogens with zero attached hydrogens (tertiary/aromatic N) is 1. The fraction of sp³-hybridized carbons (Fsp3) is 0.105. The molecule has 3 rings (SSSR count). The molecule has 0 aliphatic carbocycles. The summed E-state index contributed by atoms with van der Waals surface area (Å²) in [5, 5.41) is 15.3. The number of nitro groups is 1. The van der Waals surface area contributed by atoms with Crippen molar-refractivity contribution in [3.63, 3.8) is 0 Å². The third-order valence-electron chi connectivity index (χ3n) is 3.75. The normalized spacial score (nSPS) is 10.3. The second-order valence-electron chi connectivity index (χ2n) is 5.41. The lowest BCUT2D eigenvalue weighted by atomic mass is 10.0. The number of hydrogen-bond donors (Lipinski definition) is 0. The van der Waals surface area contributed by atoms with Crippen LogP contribution in [-0.4, -0.2) is 18.0 Å². The molecule has 0 fully saturated rings. The Morgan fingerprint density at radius 3 is 2.54 bits per heavy atom. The van der Waals surface area contributed by atoms with Crippen LogP contribution in [0.2, 0.25) is 0 Å². The molecule has 0 aliphatic rings. The van der Waals surface area contributed by atoms with Crippen molar-refractivity contribution >= 4 is 23.0 Å². The molecule has 1 aromatic heterocycles. The molecule has 6 nitrogen and oxygen atoms in total. The van der Waals surface area contributed by atoms with Crippen LogP contribution in [0.15, 0.2) is 59.3 Å². The SMILES string of the molecule is COC(=O)c1cc(-c2ccsc2)cc([N+](=O)[O-])c1OCc1ccccc1. The van der Waals surface area contributed by atoms with Crippen LogP contribution in [-0.2, 0) is 11.3 Å². The number of nitro benzene ring substituents is 1. The van der Waals surface area contributed by atoms with Gasteiger partial charge in [0.05, 0.1) is 12.0 Å². The number of thiophene rings is 1. The number of rotatable bonds is 6. The molecule has 0 bridgehead atoms. The molecule has 3 aromatic rings. The highest BCUT2D eigenvalue weighted by atomic mass is 32.1. The van der Waals surface area contributed by atoms with Crippen LogP contribution in [0.1, 0.15) is 15.9 Å². The molecule has 2 aromatic carbocycles. The zero-order valence-corrected chi connectivity index (χ0v) is 14.7. The Balaban J connectivity index is 2.07. The van der Waals surface area contributed by atoms with Crippen molar-refractivity contribution in [3.8, 4) is 16.9 Å². The Kier molecular flexibility index (Phi) is 5.28. The third-order valence-corrected chi connectivity index (χ3v) is 4.44. The first kappa shape index (κ1) is 17.6. The van der Waals surface area contributed by atoms with Crippen molar-refractivity contribution in [2.45, 2.75) is 6.61 Å². The highest BCUT2D eigenvalue weighted by molar-refractivity contribution is 7.08. The average molecular weight is 369 g/mol. The Hall–Kier alpha value is -3.19. The minimum Gasteiger partial charge on any atom is -0.481 e. The predicted molar refractivity (Wildman–Crippen MR) is 98.5 cm³/mol. The third kappa shape index (κ3) is 3.73. The molecule has 7 heteroatoms. The lowest BCUT2D eigenvalue weighted by Crippen LogP contribution is -2.08. The number of hydrogen-bond acceptors (Lipinski definition) is 6. The van der Waals surface area contributed by atoms with E-state index in [2.05, 4.69) is 0 Å². The topological polar surface area (TPSA) is 78.7 Å². The first-order valence-corrected chi connectivity index (χ1v) is 8.64. The molecular formula is C19H15NO5S. The van der Waals surface area contributed by atoms with Crippen LogP contribution in [0.3, 0.4) is 0 Å². The standard InChI is InChI=1S/C19H15NO5S/c1-24-19(21)16-9-15(14-7-8-26-12-14)10-17(20(22)23)18(16)25-11-13-5-3-2-4-6-13/h2-10,12H,11H2,1H3. The molecule has 132 valence electrons. The maximum atomic E-state index is 12.2. The van der Waals surface area contributed by atoms with Crippen LogP contribution >= 0.6 is 11.3 Å². The van der Waals surface area contributed by atoms with Gasteiger partial charge in [0.2, 0.25) is 5.75 Å². The molecule has 0 N–H and O–H groups in total. The summed E-state index contributed by atoms with van der Waals surface area (Å²) in [6.07, 6.45) is 0. The van der Waals surface area contributed by atoms with E-state index in [0.717, 1.165) is 11.1 Å². The number of carbonyl (C=O) groups excluding carboxylic acids is 1. The second kappa shape index (κ2) is 7.79. The monoisotopic (exact) mass is 369 g/mol. The molecule has 0 aliphatic heterocycles. The number of benzene rings is 2. The Bertz CT molecular complexity index is 923. The lowest BCUT2D eigenvalue weighted by molar-refractivity contribution is -0.385. The fourth-order valence-electron chi connectivity index (χ4n) is 2.49. The highest BCUT2D eigenvalue weighted by Gasteiger charge is 2.26. The van der Waals surface area contributed by atoms with E-state index in [0.29, 0.717) is 5.56 Å². The van der Waals surface area contributed by atoms with Crippen molar-refractivity contribution in [1.29, 1.82) is 0 Å². The Morgan fingerprint density at radius 2 is 1.92 bits per heavy atom. The molecule has 0 amide bonds. The maximum Gasteiger partial charge on any atom is 0.341 e. The van der Waals surface area contributed by atoms with E-state index in [1.54, 1.807) is 6.07 Å². The lowest BCUT2D eigenvalue weighted by Gasteiger charge is -2.12. The summed E-state index contributed by atoms with van der Waals surface area (Å²) in [5.41, 5.74) is 1.94. The van der Waals surface area contributed by atoms with E-state index in [-0.39, 0.29) is 23.6 Å². The van der Waals surface area contributed by atoms with Crippen molar-refractivity contribution in [3.05, 3.63) is 80.5 Å². The van der Waals surface area contributed by atoms with Gasteiger partial charge in [0.15, 0.2) is 0 Å². The summed E-state index contributed by atoms with van der Waals surface area (Å²) >= 11 is 1.46. The van der Waals surface area contributed by atoms with Crippen LogP contribution in [0.5, 0.6) is 5.75 Å². The molecule has 0 saturated heterocycles. The largest absolute Gasteiger partial charge is 0.481 e. The van der Waals surface area contributed by atoms with E-state index in [1.807, 2.05) is 47.2 Å². The molecular weight excluding hydrogens is 354 g/mol. The molecule has 0 radical (unpaired) electrons.